The van der Waals surface area contributed by atoms with Gasteiger partial charge in [-0.25, -0.2) is 22.0 Å². The summed E-state index contributed by atoms with van der Waals surface area (Å²) < 4.78 is 50.5. The average molecular weight is 459 g/mol. The third-order valence-electron chi connectivity index (χ3n) is 4.51. The van der Waals surface area contributed by atoms with Crippen molar-refractivity contribution in [3.8, 4) is 11.1 Å². The molecule has 1 aliphatic rings. The number of likely N-dealkylation sites (tertiary alicyclic amines) is 1. The minimum atomic E-state index is -3.79. The van der Waals surface area contributed by atoms with E-state index < -0.39 is 46.6 Å². The van der Waals surface area contributed by atoms with Crippen LogP contribution in [-0.2, 0) is 9.84 Å². The van der Waals surface area contributed by atoms with E-state index >= 15 is 0 Å². The minimum absolute atomic E-state index is 0.0224. The Hall–Kier alpha value is -2.72. The Morgan fingerprint density at radius 2 is 1.70 bits per heavy atom. The van der Waals surface area contributed by atoms with E-state index in [0.717, 1.165) is 4.90 Å². The van der Waals surface area contributed by atoms with E-state index in [9.17, 15) is 26.8 Å². The number of sulfone groups is 1. The van der Waals surface area contributed by atoms with E-state index in [1.165, 1.54) is 30.3 Å². The number of carbonyl (C=O) groups excluding carboxylic acids is 1. The van der Waals surface area contributed by atoms with Gasteiger partial charge in [0.05, 0.1) is 28.8 Å². The largest absolute Gasteiger partial charge is 0.465 e. The lowest BCUT2D eigenvalue weighted by atomic mass is 10.0. The Morgan fingerprint density at radius 1 is 1.10 bits per heavy atom. The van der Waals surface area contributed by atoms with Crippen LogP contribution in [0.4, 0.5) is 13.6 Å². The Labute approximate surface area is 176 Å². The molecule has 1 heterocycles. The van der Waals surface area contributed by atoms with Gasteiger partial charge in [0, 0.05) is 12.1 Å². The van der Waals surface area contributed by atoms with Crippen LogP contribution in [0.25, 0.3) is 11.1 Å². The van der Waals surface area contributed by atoms with E-state index in [4.69, 9.17) is 16.7 Å². The number of carboxylic acid groups (broad SMARTS) is 1. The number of halogens is 3. The normalized spacial score (nSPS) is 15.4. The van der Waals surface area contributed by atoms with Gasteiger partial charge in [0.15, 0.2) is 9.84 Å². The van der Waals surface area contributed by atoms with Gasteiger partial charge in [-0.1, -0.05) is 29.8 Å². The molecule has 0 radical (unpaired) electrons. The molecule has 2 N–H and O–H groups in total. The SMILES string of the molecule is O=C(O)NCCS(=O)(=O)c1ccc(-c2ccc(C(=O)N3CC(F)(F)C3)cc2)cc1Cl. The molecule has 0 unspecified atom stereocenters. The summed E-state index contributed by atoms with van der Waals surface area (Å²) in [5.41, 5.74) is 1.52. The molecule has 0 atom stereocenters. The maximum atomic E-state index is 12.9. The maximum Gasteiger partial charge on any atom is 0.404 e. The summed E-state index contributed by atoms with van der Waals surface area (Å²) in [6.45, 7) is -1.46. The molecule has 1 fully saturated rings. The molecule has 0 aromatic heterocycles. The van der Waals surface area contributed by atoms with Gasteiger partial charge in [-0.3, -0.25) is 4.79 Å². The average Bonchev–Trinajstić information content (AvgIpc) is 2.65. The molecule has 0 aliphatic carbocycles. The molecule has 3 rings (SSSR count). The molecule has 2 amide bonds. The number of rotatable bonds is 6. The van der Waals surface area contributed by atoms with Crippen molar-refractivity contribution in [2.45, 2.75) is 10.8 Å². The fourth-order valence-electron chi connectivity index (χ4n) is 2.98. The first kappa shape index (κ1) is 22.0. The number of alkyl halides is 2. The fraction of sp³-hybridized carbons (Fsp3) is 0.263. The van der Waals surface area contributed by atoms with Crippen LogP contribution in [0.2, 0.25) is 5.02 Å². The molecule has 1 saturated heterocycles. The predicted octanol–water partition coefficient (Wildman–Crippen LogP) is 3.14. The van der Waals surface area contributed by atoms with Gasteiger partial charge in [-0.05, 0) is 35.4 Å². The lowest BCUT2D eigenvalue weighted by molar-refractivity contribution is -0.113. The highest BCUT2D eigenvalue weighted by atomic mass is 35.5. The number of amides is 2. The Balaban J connectivity index is 1.73. The van der Waals surface area contributed by atoms with Crippen molar-refractivity contribution < 1.29 is 31.9 Å². The smallest absolute Gasteiger partial charge is 0.404 e. The van der Waals surface area contributed by atoms with Gasteiger partial charge < -0.3 is 15.3 Å². The molecule has 0 saturated carbocycles. The van der Waals surface area contributed by atoms with E-state index in [1.807, 2.05) is 5.32 Å². The minimum Gasteiger partial charge on any atom is -0.465 e. The molecular formula is C19H17ClF2N2O5S. The second-order valence-corrected chi connectivity index (χ2v) is 9.28. The zero-order valence-corrected chi connectivity index (χ0v) is 17.0. The van der Waals surface area contributed by atoms with Crippen LogP contribution < -0.4 is 5.32 Å². The highest BCUT2D eigenvalue weighted by molar-refractivity contribution is 7.91. The lowest BCUT2D eigenvalue weighted by Crippen LogP contribution is -2.58. The van der Waals surface area contributed by atoms with Gasteiger partial charge in [0.2, 0.25) is 0 Å². The summed E-state index contributed by atoms with van der Waals surface area (Å²) in [6.07, 6.45) is -1.32. The zero-order valence-electron chi connectivity index (χ0n) is 15.4. The van der Waals surface area contributed by atoms with Crippen molar-refractivity contribution in [2.24, 2.45) is 0 Å². The molecule has 1 aliphatic heterocycles. The monoisotopic (exact) mass is 458 g/mol. The maximum absolute atomic E-state index is 12.9. The number of hydrogen-bond donors (Lipinski definition) is 2. The fourth-order valence-corrected chi connectivity index (χ4v) is 4.73. The first-order valence-electron chi connectivity index (χ1n) is 8.75. The number of benzene rings is 2. The predicted molar refractivity (Wildman–Crippen MR) is 106 cm³/mol. The molecule has 30 heavy (non-hydrogen) atoms. The van der Waals surface area contributed by atoms with Gasteiger partial charge >= 0.3 is 6.09 Å². The first-order chi connectivity index (χ1) is 14.0. The summed E-state index contributed by atoms with van der Waals surface area (Å²) in [7, 11) is -3.79. The van der Waals surface area contributed by atoms with Crippen molar-refractivity contribution in [1.82, 2.24) is 10.2 Å². The highest BCUT2D eigenvalue weighted by Gasteiger charge is 2.46. The Kier molecular flexibility index (Phi) is 6.00. The van der Waals surface area contributed by atoms with E-state index in [2.05, 4.69) is 0 Å². The van der Waals surface area contributed by atoms with Crippen LogP contribution in [-0.4, -0.2) is 61.7 Å². The molecule has 7 nitrogen and oxygen atoms in total. The second kappa shape index (κ2) is 8.19. The van der Waals surface area contributed by atoms with Crippen LogP contribution in [0.5, 0.6) is 0 Å². The van der Waals surface area contributed by atoms with Gasteiger partial charge in [-0.2, -0.15) is 0 Å². The first-order valence-corrected chi connectivity index (χ1v) is 10.8. The van der Waals surface area contributed by atoms with Crippen LogP contribution in [0.1, 0.15) is 10.4 Å². The summed E-state index contributed by atoms with van der Waals surface area (Å²) >= 11 is 6.13. The highest BCUT2D eigenvalue weighted by Crippen LogP contribution is 2.31. The molecule has 2 aromatic carbocycles. The lowest BCUT2D eigenvalue weighted by Gasteiger charge is -2.38. The Bertz CT molecular complexity index is 1080. The van der Waals surface area contributed by atoms with Crippen molar-refractivity contribution in [3.63, 3.8) is 0 Å². The zero-order chi connectivity index (χ0) is 22.1. The summed E-state index contributed by atoms with van der Waals surface area (Å²) in [4.78, 5) is 23.6. The molecule has 0 spiro atoms. The van der Waals surface area contributed by atoms with Crippen LogP contribution in [0.15, 0.2) is 47.4 Å². The van der Waals surface area contributed by atoms with Gasteiger partial charge in [0.25, 0.3) is 11.8 Å². The standard InChI is InChI=1S/C19H17ClF2N2O5S/c20-15-9-14(5-6-16(15)30(28,29)8-7-23-18(26)27)12-1-3-13(4-2-12)17(25)24-10-19(21,22)11-24/h1-6,9,23H,7-8,10-11H2,(H,26,27). The van der Waals surface area contributed by atoms with Gasteiger partial charge in [0.1, 0.15) is 0 Å². The van der Waals surface area contributed by atoms with Crippen LogP contribution in [0.3, 0.4) is 0 Å². The molecule has 2 aromatic rings. The summed E-state index contributed by atoms with van der Waals surface area (Å²) in [5.74, 6) is -3.76. The van der Waals surface area contributed by atoms with Crippen molar-refractivity contribution in [1.29, 1.82) is 0 Å². The molecule has 160 valence electrons. The van der Waals surface area contributed by atoms with E-state index in [1.54, 1.807) is 12.1 Å². The molecule has 11 heteroatoms. The van der Waals surface area contributed by atoms with Crippen molar-refractivity contribution in [3.05, 3.63) is 53.1 Å². The van der Waals surface area contributed by atoms with E-state index in [0.29, 0.717) is 11.1 Å². The van der Waals surface area contributed by atoms with Crippen LogP contribution in [0, 0.1) is 0 Å². The molecule has 0 bridgehead atoms. The Morgan fingerprint density at radius 3 is 2.23 bits per heavy atom. The van der Waals surface area contributed by atoms with E-state index in [-0.39, 0.29) is 22.0 Å². The third kappa shape index (κ3) is 4.88. The topological polar surface area (TPSA) is 104 Å². The summed E-state index contributed by atoms with van der Waals surface area (Å²) in [6, 6.07) is 10.6. The quantitative estimate of drug-likeness (QED) is 0.692. The summed E-state index contributed by atoms with van der Waals surface area (Å²) in [5, 5.41) is 10.5. The van der Waals surface area contributed by atoms with Gasteiger partial charge in [-0.15, -0.1) is 0 Å². The van der Waals surface area contributed by atoms with Crippen molar-refractivity contribution >= 4 is 33.4 Å². The van der Waals surface area contributed by atoms with Crippen LogP contribution >= 0.6 is 11.6 Å². The number of nitrogens with zero attached hydrogens (tertiary/aromatic N) is 1. The molecular weight excluding hydrogens is 442 g/mol. The second-order valence-electron chi connectivity index (χ2n) is 6.79. The number of carbonyl (C=O) groups is 2. The van der Waals surface area contributed by atoms with Crippen molar-refractivity contribution in [2.75, 3.05) is 25.4 Å². The third-order valence-corrected chi connectivity index (χ3v) is 6.70. The number of nitrogens with one attached hydrogen (secondary N) is 1. The number of hydrogen-bond acceptors (Lipinski definition) is 4.